The molecule has 0 saturated heterocycles. The predicted molar refractivity (Wildman–Crippen MR) is 122 cm³/mol. The molecule has 164 valence electrons. The largest absolute Gasteiger partial charge is 0.348 e. The Hall–Kier alpha value is -3.56. The maximum atomic E-state index is 13.1. The molecule has 0 bridgehead atoms. The van der Waals surface area contributed by atoms with Crippen LogP contribution in [0.3, 0.4) is 0 Å². The van der Waals surface area contributed by atoms with E-state index < -0.39 is 10.0 Å². The van der Waals surface area contributed by atoms with Gasteiger partial charge in [0.1, 0.15) is 0 Å². The second-order valence-corrected chi connectivity index (χ2v) is 9.27. The van der Waals surface area contributed by atoms with Crippen LogP contribution < -0.4 is 10.5 Å². The number of nitrogens with two attached hydrogens (primary N) is 1. The summed E-state index contributed by atoms with van der Waals surface area (Å²) in [5, 5.41) is 13.1. The van der Waals surface area contributed by atoms with E-state index in [4.69, 9.17) is 10.1 Å². The standard InChI is InChI=1S/C23H23N5O3S/c1-15(2)28-22-20(14-26-28)19(12-21(27-22)17-6-4-3-5-7-17)23(29)25-13-16-8-10-18(11-9-16)32(24,30)31/h3-12,14-15H,13H2,1-2H3,(H,25,29)(H2,24,30,31). The average molecular weight is 450 g/mol. The van der Waals surface area contributed by atoms with Crippen molar-refractivity contribution in [3.63, 3.8) is 0 Å². The summed E-state index contributed by atoms with van der Waals surface area (Å²) in [6.45, 7) is 4.25. The Kier molecular flexibility index (Phi) is 5.77. The third-order valence-electron chi connectivity index (χ3n) is 5.07. The monoisotopic (exact) mass is 449 g/mol. The average Bonchev–Trinajstić information content (AvgIpc) is 3.21. The first kappa shape index (κ1) is 21.7. The Labute approximate surface area is 186 Å². The van der Waals surface area contributed by atoms with E-state index in [1.54, 1.807) is 29.1 Å². The van der Waals surface area contributed by atoms with Crippen molar-refractivity contribution >= 4 is 27.0 Å². The number of hydrogen-bond acceptors (Lipinski definition) is 5. The third kappa shape index (κ3) is 4.39. The van der Waals surface area contributed by atoms with Crippen LogP contribution in [0.1, 0.15) is 35.8 Å². The highest BCUT2D eigenvalue weighted by molar-refractivity contribution is 7.89. The minimum atomic E-state index is -3.76. The number of hydrogen-bond donors (Lipinski definition) is 2. The Morgan fingerprint density at radius 1 is 1.09 bits per heavy atom. The zero-order chi connectivity index (χ0) is 22.9. The van der Waals surface area contributed by atoms with Gasteiger partial charge in [0.05, 0.1) is 27.7 Å². The van der Waals surface area contributed by atoms with Gasteiger partial charge in [-0.15, -0.1) is 0 Å². The van der Waals surface area contributed by atoms with E-state index in [2.05, 4.69) is 10.4 Å². The summed E-state index contributed by atoms with van der Waals surface area (Å²) in [5.74, 6) is -0.270. The SMILES string of the molecule is CC(C)n1ncc2c(C(=O)NCc3ccc(S(N)(=O)=O)cc3)cc(-c3ccccc3)nc21. The number of primary sulfonamides is 1. The number of sulfonamides is 1. The quantitative estimate of drug-likeness (QED) is 0.468. The van der Waals surface area contributed by atoms with E-state index in [0.29, 0.717) is 22.3 Å². The number of benzene rings is 2. The molecule has 0 spiro atoms. The van der Waals surface area contributed by atoms with Gasteiger partial charge in [-0.25, -0.2) is 23.2 Å². The lowest BCUT2D eigenvalue weighted by molar-refractivity contribution is 0.0952. The molecule has 9 heteroatoms. The molecule has 2 aromatic carbocycles. The first-order valence-corrected chi connectivity index (χ1v) is 11.6. The number of carbonyl (C=O) groups excluding carboxylic acids is 1. The van der Waals surface area contributed by atoms with Crippen LogP contribution in [-0.2, 0) is 16.6 Å². The van der Waals surface area contributed by atoms with Crippen LogP contribution in [0.25, 0.3) is 22.3 Å². The minimum absolute atomic E-state index is 0.0250. The lowest BCUT2D eigenvalue weighted by Gasteiger charge is -2.11. The fourth-order valence-corrected chi connectivity index (χ4v) is 3.93. The van der Waals surface area contributed by atoms with Crippen LogP contribution >= 0.6 is 0 Å². The zero-order valence-corrected chi connectivity index (χ0v) is 18.5. The first-order chi connectivity index (χ1) is 15.2. The highest BCUT2D eigenvalue weighted by Gasteiger charge is 2.18. The van der Waals surface area contributed by atoms with Crippen LogP contribution in [0.2, 0.25) is 0 Å². The molecule has 0 unspecified atom stereocenters. The van der Waals surface area contributed by atoms with Gasteiger partial charge in [-0.3, -0.25) is 4.79 Å². The highest BCUT2D eigenvalue weighted by Crippen LogP contribution is 2.26. The Bertz CT molecular complexity index is 1380. The van der Waals surface area contributed by atoms with E-state index in [1.165, 1.54) is 12.1 Å². The van der Waals surface area contributed by atoms with Crippen molar-refractivity contribution < 1.29 is 13.2 Å². The van der Waals surface area contributed by atoms with E-state index in [-0.39, 0.29) is 23.4 Å². The first-order valence-electron chi connectivity index (χ1n) is 10.1. The van der Waals surface area contributed by atoms with E-state index >= 15 is 0 Å². The second-order valence-electron chi connectivity index (χ2n) is 7.71. The van der Waals surface area contributed by atoms with Crippen LogP contribution in [0.5, 0.6) is 0 Å². The fourth-order valence-electron chi connectivity index (χ4n) is 3.42. The molecule has 4 rings (SSSR count). The predicted octanol–water partition coefficient (Wildman–Crippen LogP) is 3.26. The molecular weight excluding hydrogens is 426 g/mol. The van der Waals surface area contributed by atoms with E-state index in [9.17, 15) is 13.2 Å². The molecule has 0 aliphatic rings. The van der Waals surface area contributed by atoms with Crippen molar-refractivity contribution in [2.24, 2.45) is 5.14 Å². The van der Waals surface area contributed by atoms with Crippen LogP contribution in [0, 0.1) is 0 Å². The molecule has 0 fully saturated rings. The van der Waals surface area contributed by atoms with Crippen molar-refractivity contribution in [2.75, 3.05) is 0 Å². The van der Waals surface area contributed by atoms with Crippen molar-refractivity contribution in [1.29, 1.82) is 0 Å². The number of amides is 1. The molecule has 32 heavy (non-hydrogen) atoms. The number of carbonyl (C=O) groups is 1. The van der Waals surface area contributed by atoms with E-state index in [0.717, 1.165) is 11.1 Å². The number of nitrogens with zero attached hydrogens (tertiary/aromatic N) is 3. The van der Waals surface area contributed by atoms with Crippen molar-refractivity contribution in [1.82, 2.24) is 20.1 Å². The Morgan fingerprint density at radius 3 is 2.41 bits per heavy atom. The maximum absolute atomic E-state index is 13.1. The van der Waals surface area contributed by atoms with E-state index in [1.807, 2.05) is 44.2 Å². The summed E-state index contributed by atoms with van der Waals surface area (Å²) in [5.41, 5.74) is 3.45. The topological polar surface area (TPSA) is 120 Å². The van der Waals surface area contributed by atoms with Gasteiger partial charge in [0.15, 0.2) is 5.65 Å². The Balaban J connectivity index is 1.67. The number of nitrogens with one attached hydrogen (secondary N) is 1. The van der Waals surface area contributed by atoms with Gasteiger partial charge in [-0.2, -0.15) is 5.10 Å². The van der Waals surface area contributed by atoms with Gasteiger partial charge in [-0.1, -0.05) is 42.5 Å². The maximum Gasteiger partial charge on any atom is 0.252 e. The smallest absolute Gasteiger partial charge is 0.252 e. The Morgan fingerprint density at radius 2 is 1.78 bits per heavy atom. The van der Waals surface area contributed by atoms with Crippen molar-refractivity contribution in [3.05, 3.63) is 78.0 Å². The van der Waals surface area contributed by atoms with Gasteiger partial charge >= 0.3 is 0 Å². The molecule has 0 atom stereocenters. The van der Waals surface area contributed by atoms with Crippen molar-refractivity contribution in [3.8, 4) is 11.3 Å². The lowest BCUT2D eigenvalue weighted by atomic mass is 10.1. The van der Waals surface area contributed by atoms with Gasteiger partial charge < -0.3 is 5.32 Å². The summed E-state index contributed by atoms with van der Waals surface area (Å²) < 4.78 is 24.6. The fraction of sp³-hybridized carbons (Fsp3) is 0.174. The number of fused-ring (bicyclic) bond motifs is 1. The second kappa shape index (κ2) is 8.52. The third-order valence-corrected chi connectivity index (χ3v) is 6.00. The number of rotatable bonds is 6. The molecule has 8 nitrogen and oxygen atoms in total. The minimum Gasteiger partial charge on any atom is -0.348 e. The van der Waals surface area contributed by atoms with Crippen molar-refractivity contribution in [2.45, 2.75) is 31.3 Å². The molecule has 0 aliphatic heterocycles. The molecule has 0 saturated carbocycles. The summed E-state index contributed by atoms with van der Waals surface area (Å²) >= 11 is 0. The molecule has 0 aliphatic carbocycles. The lowest BCUT2D eigenvalue weighted by Crippen LogP contribution is -2.23. The van der Waals surface area contributed by atoms with Crippen LogP contribution in [-0.4, -0.2) is 29.1 Å². The molecule has 2 heterocycles. The van der Waals surface area contributed by atoms with Gasteiger partial charge in [-0.05, 0) is 37.6 Å². The summed E-state index contributed by atoms with van der Waals surface area (Å²) in [6.07, 6.45) is 1.66. The molecular formula is C23H23N5O3S. The summed E-state index contributed by atoms with van der Waals surface area (Å²) in [4.78, 5) is 17.9. The molecule has 1 amide bonds. The van der Waals surface area contributed by atoms with Gasteiger partial charge in [0, 0.05) is 18.2 Å². The number of aromatic nitrogens is 3. The molecule has 3 N–H and O–H groups in total. The van der Waals surface area contributed by atoms with Gasteiger partial charge in [0.2, 0.25) is 10.0 Å². The molecule has 0 radical (unpaired) electrons. The summed E-state index contributed by atoms with van der Waals surface area (Å²) in [6, 6.07) is 17.6. The normalized spacial score (nSPS) is 11.8. The highest BCUT2D eigenvalue weighted by atomic mass is 32.2. The number of pyridine rings is 1. The van der Waals surface area contributed by atoms with Gasteiger partial charge in [0.25, 0.3) is 5.91 Å². The van der Waals surface area contributed by atoms with Crippen LogP contribution in [0.15, 0.2) is 71.8 Å². The zero-order valence-electron chi connectivity index (χ0n) is 17.7. The van der Waals surface area contributed by atoms with Crippen LogP contribution in [0.4, 0.5) is 0 Å². The molecule has 2 aromatic heterocycles. The molecule has 4 aromatic rings. The summed E-state index contributed by atoms with van der Waals surface area (Å²) in [7, 11) is -3.76.